The molecule has 0 radical (unpaired) electrons. The second-order valence-corrected chi connectivity index (χ2v) is 9.18. The molecule has 1 unspecified atom stereocenters. The lowest BCUT2D eigenvalue weighted by atomic mass is 9.99. The van der Waals surface area contributed by atoms with Crippen LogP contribution >= 0.6 is 11.8 Å². The molecule has 34 heavy (non-hydrogen) atoms. The first kappa shape index (κ1) is 27.7. The number of rotatable bonds is 6. The van der Waals surface area contributed by atoms with Crippen LogP contribution in [0.15, 0.2) is 42.4 Å². The molecule has 4 rings (SSSR count). The number of nitrogens with one attached hydrogen (secondary N) is 4. The molecular weight excluding hydrogens is 444 g/mol. The highest BCUT2D eigenvalue weighted by Crippen LogP contribution is 2.40. The van der Waals surface area contributed by atoms with E-state index in [0.717, 1.165) is 39.0 Å². The van der Waals surface area contributed by atoms with Crippen LogP contribution in [0.25, 0.3) is 4.91 Å². The molecular formula is C26H40N6OS. The van der Waals surface area contributed by atoms with Gasteiger partial charge in [0.25, 0.3) is 0 Å². The molecule has 4 N–H and O–H groups in total. The van der Waals surface area contributed by atoms with Crippen LogP contribution in [0.5, 0.6) is 0 Å². The van der Waals surface area contributed by atoms with Crippen molar-refractivity contribution in [1.29, 1.82) is 0 Å². The van der Waals surface area contributed by atoms with Crippen molar-refractivity contribution >= 4 is 28.8 Å². The number of carbonyl (C=O) groups excluding carboxylic acids is 1. The van der Waals surface area contributed by atoms with Gasteiger partial charge in [0, 0.05) is 68.2 Å². The molecule has 8 heteroatoms. The highest BCUT2D eigenvalue weighted by Gasteiger charge is 2.25. The average molecular weight is 485 g/mol. The number of nitrogens with zero attached hydrogens (tertiary/aromatic N) is 2. The fourth-order valence-electron chi connectivity index (χ4n) is 3.85. The van der Waals surface area contributed by atoms with Crippen molar-refractivity contribution in [2.24, 2.45) is 0 Å². The number of aromatic nitrogens is 1. The minimum absolute atomic E-state index is 0.332. The number of hydrazine groups is 1. The van der Waals surface area contributed by atoms with E-state index in [1.54, 1.807) is 4.90 Å². The highest BCUT2D eigenvalue weighted by atomic mass is 32.2. The Morgan fingerprint density at radius 3 is 2.44 bits per heavy atom. The van der Waals surface area contributed by atoms with Crippen LogP contribution < -0.4 is 21.5 Å². The lowest BCUT2D eigenvalue weighted by molar-refractivity contribution is -0.118. The zero-order valence-corrected chi connectivity index (χ0v) is 22.2. The van der Waals surface area contributed by atoms with Crippen LogP contribution in [0.3, 0.4) is 0 Å². The summed E-state index contributed by atoms with van der Waals surface area (Å²) < 4.78 is 0. The molecule has 2 aliphatic heterocycles. The maximum absolute atomic E-state index is 10.1. The first-order valence-corrected chi connectivity index (χ1v) is 12.9. The molecule has 0 aliphatic carbocycles. The van der Waals surface area contributed by atoms with Crippen LogP contribution in [0.2, 0.25) is 0 Å². The molecule has 1 amide bonds. The van der Waals surface area contributed by atoms with E-state index in [1.165, 1.54) is 38.5 Å². The summed E-state index contributed by atoms with van der Waals surface area (Å²) in [7, 11) is 1.90. The topological polar surface area (TPSA) is 81.3 Å². The molecule has 1 aromatic heterocycles. The summed E-state index contributed by atoms with van der Waals surface area (Å²) >= 11 is 1.89. The number of hydrogen-bond acceptors (Lipinski definition) is 7. The van der Waals surface area contributed by atoms with Crippen molar-refractivity contribution in [2.45, 2.75) is 46.4 Å². The molecule has 7 nitrogen and oxygen atoms in total. The van der Waals surface area contributed by atoms with Crippen molar-refractivity contribution in [2.75, 3.05) is 38.7 Å². The molecule has 0 spiro atoms. The van der Waals surface area contributed by atoms with Crippen molar-refractivity contribution in [3.63, 3.8) is 0 Å². The van der Waals surface area contributed by atoms with Crippen molar-refractivity contribution in [3.05, 3.63) is 64.6 Å². The normalized spacial score (nSPS) is 17.1. The number of benzene rings is 1. The average Bonchev–Trinajstić information content (AvgIpc) is 3.26. The van der Waals surface area contributed by atoms with Gasteiger partial charge in [-0.25, -0.2) is 5.43 Å². The molecule has 1 aromatic carbocycles. The first-order valence-electron chi connectivity index (χ1n) is 12.0. The number of pyridine rings is 1. The van der Waals surface area contributed by atoms with Crippen molar-refractivity contribution in [1.82, 2.24) is 25.9 Å². The van der Waals surface area contributed by atoms with Crippen LogP contribution in [0.1, 0.15) is 43.0 Å². The summed E-state index contributed by atoms with van der Waals surface area (Å²) in [6.07, 6.45) is 5.61. The van der Waals surface area contributed by atoms with Gasteiger partial charge >= 0.3 is 0 Å². The Morgan fingerprint density at radius 2 is 1.85 bits per heavy atom. The van der Waals surface area contributed by atoms with E-state index in [2.05, 4.69) is 65.4 Å². The number of aryl methyl sites for hydroxylation is 2. The van der Waals surface area contributed by atoms with Gasteiger partial charge in [0.15, 0.2) is 0 Å². The van der Waals surface area contributed by atoms with Gasteiger partial charge in [0.2, 0.25) is 6.41 Å². The summed E-state index contributed by atoms with van der Waals surface area (Å²) in [5.41, 5.74) is 13.9. The predicted molar refractivity (Wildman–Crippen MR) is 146 cm³/mol. The number of hydrogen-bond donors (Lipinski definition) is 4. The Hall–Kier alpha value is -2.55. The second-order valence-electron chi connectivity index (χ2n) is 7.97. The summed E-state index contributed by atoms with van der Waals surface area (Å²) in [6, 6.07) is 8.48. The molecule has 1 atom stereocenters. The van der Waals surface area contributed by atoms with Gasteiger partial charge in [-0.15, -0.1) is 0 Å². The molecule has 3 heterocycles. The number of piperazine rings is 1. The molecule has 0 saturated carbocycles. The smallest absolute Gasteiger partial charge is 0.209 e. The second kappa shape index (κ2) is 14.7. The van der Waals surface area contributed by atoms with Gasteiger partial charge in [-0.3, -0.25) is 9.78 Å². The van der Waals surface area contributed by atoms with Crippen LogP contribution in [0, 0.1) is 13.8 Å². The van der Waals surface area contributed by atoms with Crippen molar-refractivity contribution < 1.29 is 4.79 Å². The first-order chi connectivity index (χ1) is 16.5. The fraction of sp³-hybridized carbons (Fsp3) is 0.462. The molecule has 0 bridgehead atoms. The Balaban J connectivity index is 0.000000343. The minimum atomic E-state index is 0.332. The van der Waals surface area contributed by atoms with Crippen LogP contribution in [0.4, 0.5) is 5.69 Å². The van der Waals surface area contributed by atoms with Gasteiger partial charge in [0.05, 0.1) is 11.1 Å². The highest BCUT2D eigenvalue weighted by molar-refractivity contribution is 8.09. The van der Waals surface area contributed by atoms with E-state index >= 15 is 0 Å². The molecule has 2 aromatic rings. The zero-order valence-electron chi connectivity index (χ0n) is 21.4. The third-order valence-electron chi connectivity index (χ3n) is 5.60. The standard InChI is InChI=1S/C19H24N4S.C5H10N2O.C2H6/c1-12-7-8-13(2)18(23-20-4)16(12)10-17-22-14(3)19(24-17)15-6-5-9-21-11-15;8-5-7-3-1-6-2-4-7;1-2/h5-9,11,17,20,22-23H,10H2,1-4H3;5-6H,1-4H2;1-2H3. The lowest BCUT2D eigenvalue weighted by Crippen LogP contribution is -2.42. The number of thioether (sulfide) groups is 1. The van der Waals surface area contributed by atoms with Gasteiger partial charge in [0.1, 0.15) is 0 Å². The van der Waals surface area contributed by atoms with Crippen molar-refractivity contribution in [3.8, 4) is 0 Å². The number of amides is 1. The maximum atomic E-state index is 10.1. The Morgan fingerprint density at radius 1 is 1.15 bits per heavy atom. The lowest BCUT2D eigenvalue weighted by Gasteiger charge is -2.22. The minimum Gasteiger partial charge on any atom is -0.375 e. The van der Waals surface area contributed by atoms with E-state index in [1.807, 2.05) is 51.1 Å². The SMILES string of the molecule is CC.CNNc1c(C)ccc(C)c1CC1NC(C)=C(c2cccnc2)S1.O=CN1CCNCC1. The summed E-state index contributed by atoms with van der Waals surface area (Å²) in [4.78, 5) is 17.4. The fourth-order valence-corrected chi connectivity index (χ4v) is 5.11. The molecule has 186 valence electrons. The Kier molecular flexibility index (Phi) is 11.9. The van der Waals surface area contributed by atoms with E-state index in [0.29, 0.717) is 5.37 Å². The number of allylic oxidation sites excluding steroid dienone is 1. The summed E-state index contributed by atoms with van der Waals surface area (Å²) in [6.45, 7) is 14.1. The number of anilines is 1. The Bertz CT molecular complexity index is 928. The van der Waals surface area contributed by atoms with E-state index in [9.17, 15) is 4.79 Å². The molecule has 1 saturated heterocycles. The van der Waals surface area contributed by atoms with E-state index in [-0.39, 0.29) is 0 Å². The maximum Gasteiger partial charge on any atom is 0.209 e. The monoisotopic (exact) mass is 484 g/mol. The van der Waals surface area contributed by atoms with Gasteiger partial charge in [-0.1, -0.05) is 43.8 Å². The van der Waals surface area contributed by atoms with Gasteiger partial charge in [-0.05, 0) is 43.5 Å². The third kappa shape index (κ3) is 7.75. The molecule has 2 aliphatic rings. The largest absolute Gasteiger partial charge is 0.375 e. The van der Waals surface area contributed by atoms with E-state index < -0.39 is 0 Å². The zero-order chi connectivity index (χ0) is 24.9. The predicted octanol–water partition coefficient (Wildman–Crippen LogP) is 3.91. The van der Waals surface area contributed by atoms with Gasteiger partial charge < -0.3 is 21.0 Å². The quantitative estimate of drug-likeness (QED) is 0.366. The number of carbonyl (C=O) groups is 1. The van der Waals surface area contributed by atoms with Crippen LogP contribution in [-0.2, 0) is 11.2 Å². The van der Waals surface area contributed by atoms with E-state index in [4.69, 9.17) is 0 Å². The third-order valence-corrected chi connectivity index (χ3v) is 6.94. The molecule has 1 fully saturated rings. The van der Waals surface area contributed by atoms with Gasteiger partial charge in [-0.2, -0.15) is 0 Å². The summed E-state index contributed by atoms with van der Waals surface area (Å²) in [5, 5.41) is 7.11. The summed E-state index contributed by atoms with van der Waals surface area (Å²) in [5.74, 6) is 0. The van der Waals surface area contributed by atoms with Crippen LogP contribution in [-0.4, -0.2) is 54.9 Å². The Labute approximate surface area is 209 Å².